The van der Waals surface area contributed by atoms with Crippen LogP contribution in [0.25, 0.3) is 0 Å². The molecule has 2 aromatic rings. The molecule has 2 atom stereocenters. The van der Waals surface area contributed by atoms with E-state index in [-0.39, 0.29) is 12.5 Å². The molecule has 0 saturated heterocycles. The summed E-state index contributed by atoms with van der Waals surface area (Å²) in [6.45, 7) is 5.51. The number of ether oxygens (including phenoxy) is 1. The van der Waals surface area contributed by atoms with Gasteiger partial charge >= 0.3 is 0 Å². The molecule has 2 N–H and O–H groups in total. The number of hydrogen-bond acceptors (Lipinski definition) is 4. The van der Waals surface area contributed by atoms with Crippen LogP contribution in [0.4, 0.5) is 0 Å². The lowest BCUT2D eigenvalue weighted by Gasteiger charge is -2.24. The van der Waals surface area contributed by atoms with Crippen LogP contribution in [0.3, 0.4) is 0 Å². The van der Waals surface area contributed by atoms with Crippen molar-refractivity contribution < 1.29 is 14.6 Å². The number of aliphatic hydroxyl groups is 1. The molecule has 5 heteroatoms. The number of aryl methyl sites for hydroxylation is 1. The lowest BCUT2D eigenvalue weighted by Crippen LogP contribution is -2.43. The summed E-state index contributed by atoms with van der Waals surface area (Å²) in [6, 6.07) is 9.38. The molecule has 1 heterocycles. The monoisotopic (exact) mass is 319 g/mol. The van der Waals surface area contributed by atoms with Crippen LogP contribution in [0, 0.1) is 6.92 Å². The molecule has 0 aliphatic carbocycles. The van der Waals surface area contributed by atoms with Crippen LogP contribution >= 0.6 is 11.3 Å². The van der Waals surface area contributed by atoms with E-state index in [1.54, 1.807) is 13.8 Å². The topological polar surface area (TPSA) is 58.6 Å². The fourth-order valence-corrected chi connectivity index (χ4v) is 2.73. The van der Waals surface area contributed by atoms with Crippen LogP contribution in [0.1, 0.15) is 25.0 Å². The van der Waals surface area contributed by atoms with E-state index in [9.17, 15) is 9.90 Å². The maximum absolute atomic E-state index is 12.1. The van der Waals surface area contributed by atoms with Crippen molar-refractivity contribution in [2.45, 2.75) is 32.5 Å². The van der Waals surface area contributed by atoms with Crippen molar-refractivity contribution in [3.8, 4) is 5.75 Å². The van der Waals surface area contributed by atoms with Crippen molar-refractivity contribution in [2.24, 2.45) is 0 Å². The predicted molar refractivity (Wildman–Crippen MR) is 88.2 cm³/mol. The quantitative estimate of drug-likeness (QED) is 0.861. The Kier molecular flexibility index (Phi) is 5.21. The highest BCUT2D eigenvalue weighted by Gasteiger charge is 2.25. The Balaban J connectivity index is 1.87. The summed E-state index contributed by atoms with van der Waals surface area (Å²) in [7, 11) is 0. The standard InChI is InChI=1S/C17H21NO3S/c1-12-4-6-15(7-5-12)21-13(2)16(19)18-11-17(3,20)14-8-9-22-10-14/h4-10,13,20H,11H2,1-3H3,(H,18,19). The van der Waals surface area contributed by atoms with Crippen molar-refractivity contribution in [3.05, 3.63) is 52.2 Å². The van der Waals surface area contributed by atoms with E-state index in [1.807, 2.05) is 48.0 Å². The van der Waals surface area contributed by atoms with Gasteiger partial charge in [0, 0.05) is 0 Å². The average molecular weight is 319 g/mol. The highest BCUT2D eigenvalue weighted by molar-refractivity contribution is 7.08. The highest BCUT2D eigenvalue weighted by atomic mass is 32.1. The number of thiophene rings is 1. The lowest BCUT2D eigenvalue weighted by molar-refractivity contribution is -0.128. The summed E-state index contributed by atoms with van der Waals surface area (Å²) in [6.07, 6.45) is -0.624. The fraction of sp³-hybridized carbons (Fsp3) is 0.353. The van der Waals surface area contributed by atoms with Crippen molar-refractivity contribution in [1.82, 2.24) is 5.32 Å². The Morgan fingerprint density at radius 3 is 2.64 bits per heavy atom. The minimum absolute atomic E-state index is 0.143. The van der Waals surface area contributed by atoms with E-state index in [0.717, 1.165) is 11.1 Å². The lowest BCUT2D eigenvalue weighted by atomic mass is 9.99. The third kappa shape index (κ3) is 4.32. The van der Waals surface area contributed by atoms with E-state index in [4.69, 9.17) is 4.74 Å². The van der Waals surface area contributed by atoms with E-state index < -0.39 is 11.7 Å². The Morgan fingerprint density at radius 2 is 2.05 bits per heavy atom. The summed E-state index contributed by atoms with van der Waals surface area (Å²) in [5.74, 6) is 0.397. The first-order chi connectivity index (χ1) is 10.4. The Hall–Kier alpha value is -1.85. The minimum atomic E-state index is -1.08. The number of hydrogen-bond donors (Lipinski definition) is 2. The summed E-state index contributed by atoms with van der Waals surface area (Å²) in [4.78, 5) is 12.1. The Bertz CT molecular complexity index is 605. The second-order valence-electron chi connectivity index (χ2n) is 5.58. The van der Waals surface area contributed by atoms with Crippen molar-refractivity contribution >= 4 is 17.2 Å². The molecular weight excluding hydrogens is 298 g/mol. The first-order valence-corrected chi connectivity index (χ1v) is 8.09. The van der Waals surface area contributed by atoms with Gasteiger partial charge in [-0.05, 0) is 55.3 Å². The van der Waals surface area contributed by atoms with Gasteiger partial charge in [-0.3, -0.25) is 4.79 Å². The SMILES string of the molecule is Cc1ccc(OC(C)C(=O)NCC(C)(O)c2ccsc2)cc1. The zero-order valence-corrected chi connectivity index (χ0v) is 13.8. The highest BCUT2D eigenvalue weighted by Crippen LogP contribution is 2.22. The van der Waals surface area contributed by atoms with Gasteiger partial charge in [0.15, 0.2) is 6.10 Å². The second kappa shape index (κ2) is 6.94. The molecular formula is C17H21NO3S. The van der Waals surface area contributed by atoms with Crippen LogP contribution < -0.4 is 10.1 Å². The third-order valence-corrected chi connectivity index (χ3v) is 4.14. The predicted octanol–water partition coefficient (Wildman–Crippen LogP) is 2.85. The zero-order chi connectivity index (χ0) is 16.2. The number of amides is 1. The molecule has 22 heavy (non-hydrogen) atoms. The molecule has 0 fully saturated rings. The van der Waals surface area contributed by atoms with Gasteiger partial charge in [-0.25, -0.2) is 0 Å². The van der Waals surface area contributed by atoms with Gasteiger partial charge in [0.2, 0.25) is 0 Å². The molecule has 1 amide bonds. The van der Waals surface area contributed by atoms with Crippen LogP contribution in [-0.4, -0.2) is 23.7 Å². The Labute approximate surface area is 134 Å². The number of carbonyl (C=O) groups is 1. The number of nitrogens with one attached hydrogen (secondary N) is 1. The van der Waals surface area contributed by atoms with Gasteiger partial charge in [-0.2, -0.15) is 11.3 Å². The van der Waals surface area contributed by atoms with Crippen molar-refractivity contribution in [1.29, 1.82) is 0 Å². The molecule has 118 valence electrons. The van der Waals surface area contributed by atoms with E-state index >= 15 is 0 Å². The second-order valence-corrected chi connectivity index (χ2v) is 6.36. The number of benzene rings is 1. The molecule has 1 aromatic heterocycles. The van der Waals surface area contributed by atoms with Gasteiger partial charge < -0.3 is 15.2 Å². The molecule has 0 bridgehead atoms. The van der Waals surface area contributed by atoms with Gasteiger partial charge in [-0.1, -0.05) is 17.7 Å². The van der Waals surface area contributed by atoms with Gasteiger partial charge in [0.1, 0.15) is 11.4 Å². The molecule has 2 rings (SSSR count). The van der Waals surface area contributed by atoms with Crippen LogP contribution in [0.2, 0.25) is 0 Å². The van der Waals surface area contributed by atoms with Crippen LogP contribution in [0.15, 0.2) is 41.1 Å². The molecule has 0 radical (unpaired) electrons. The molecule has 0 saturated carbocycles. The first-order valence-electron chi connectivity index (χ1n) is 7.14. The van der Waals surface area contributed by atoms with Crippen molar-refractivity contribution in [2.75, 3.05) is 6.54 Å². The minimum Gasteiger partial charge on any atom is -0.481 e. The maximum atomic E-state index is 12.1. The van der Waals surface area contributed by atoms with Crippen molar-refractivity contribution in [3.63, 3.8) is 0 Å². The van der Waals surface area contributed by atoms with Gasteiger partial charge in [0.05, 0.1) is 6.54 Å². The summed E-state index contributed by atoms with van der Waals surface area (Å²) < 4.78 is 5.60. The molecule has 4 nitrogen and oxygen atoms in total. The molecule has 0 aliphatic rings. The van der Waals surface area contributed by atoms with Crippen LogP contribution in [-0.2, 0) is 10.4 Å². The summed E-state index contributed by atoms with van der Waals surface area (Å²) in [5.41, 5.74) is 0.848. The van der Waals surface area contributed by atoms with E-state index in [2.05, 4.69) is 5.32 Å². The Morgan fingerprint density at radius 1 is 1.36 bits per heavy atom. The summed E-state index contributed by atoms with van der Waals surface area (Å²) in [5, 5.41) is 16.9. The van der Waals surface area contributed by atoms with Crippen LogP contribution in [0.5, 0.6) is 5.75 Å². The average Bonchev–Trinajstić information content (AvgIpc) is 3.02. The fourth-order valence-electron chi connectivity index (χ4n) is 1.95. The van der Waals surface area contributed by atoms with Gasteiger partial charge in [0.25, 0.3) is 5.91 Å². The zero-order valence-electron chi connectivity index (χ0n) is 13.0. The van der Waals surface area contributed by atoms with Gasteiger partial charge in [-0.15, -0.1) is 0 Å². The smallest absolute Gasteiger partial charge is 0.260 e. The number of rotatable bonds is 6. The normalized spacial score (nSPS) is 14.9. The van der Waals surface area contributed by atoms with E-state index in [1.165, 1.54) is 11.3 Å². The molecule has 0 spiro atoms. The molecule has 0 aliphatic heterocycles. The summed E-state index contributed by atoms with van der Waals surface area (Å²) >= 11 is 1.51. The maximum Gasteiger partial charge on any atom is 0.260 e. The molecule has 1 aromatic carbocycles. The first kappa shape index (κ1) is 16.5. The van der Waals surface area contributed by atoms with E-state index in [0.29, 0.717) is 5.75 Å². The molecule has 2 unspecified atom stereocenters. The number of carbonyl (C=O) groups excluding carboxylic acids is 1. The largest absolute Gasteiger partial charge is 0.481 e. The third-order valence-electron chi connectivity index (χ3n) is 3.45.